The standard InChI is InChI=1S/C25H17ClN2O2/c1-29-19-11-7-17(8-12-19)24-15-23(26)22(16-27)25(28-24)18-9-13-21(14-10-18)30-20-5-3-2-4-6-20/h2-15H,1H3. The first kappa shape index (κ1) is 19.5. The molecule has 0 radical (unpaired) electrons. The molecule has 3 aromatic carbocycles. The van der Waals surface area contributed by atoms with E-state index >= 15 is 0 Å². The first-order valence-electron chi connectivity index (χ1n) is 9.26. The lowest BCUT2D eigenvalue weighted by molar-refractivity contribution is 0.415. The fourth-order valence-corrected chi connectivity index (χ4v) is 3.28. The fraction of sp³-hybridized carbons (Fsp3) is 0.0400. The minimum absolute atomic E-state index is 0.339. The highest BCUT2D eigenvalue weighted by atomic mass is 35.5. The van der Waals surface area contributed by atoms with Crippen LogP contribution in [0.5, 0.6) is 17.2 Å². The Morgan fingerprint density at radius 2 is 1.40 bits per heavy atom. The zero-order valence-electron chi connectivity index (χ0n) is 16.2. The third kappa shape index (κ3) is 4.12. The van der Waals surface area contributed by atoms with Crippen molar-refractivity contribution >= 4 is 11.6 Å². The van der Waals surface area contributed by atoms with Gasteiger partial charge >= 0.3 is 0 Å². The molecule has 4 nitrogen and oxygen atoms in total. The van der Waals surface area contributed by atoms with E-state index in [0.717, 1.165) is 22.6 Å². The van der Waals surface area contributed by atoms with Crippen LogP contribution < -0.4 is 9.47 Å². The molecular weight excluding hydrogens is 396 g/mol. The molecule has 0 aliphatic carbocycles. The van der Waals surface area contributed by atoms with E-state index in [0.29, 0.717) is 27.7 Å². The van der Waals surface area contributed by atoms with Crippen LogP contribution in [0.4, 0.5) is 0 Å². The van der Waals surface area contributed by atoms with Crippen molar-refractivity contribution < 1.29 is 9.47 Å². The first-order valence-corrected chi connectivity index (χ1v) is 9.64. The van der Waals surface area contributed by atoms with Gasteiger partial charge in [-0.3, -0.25) is 0 Å². The molecule has 5 heteroatoms. The van der Waals surface area contributed by atoms with Crippen molar-refractivity contribution in [1.82, 2.24) is 4.98 Å². The maximum atomic E-state index is 9.62. The summed E-state index contributed by atoms with van der Waals surface area (Å²) < 4.78 is 11.1. The zero-order chi connectivity index (χ0) is 20.9. The molecule has 1 aromatic heterocycles. The lowest BCUT2D eigenvalue weighted by atomic mass is 10.0. The molecule has 146 valence electrons. The summed E-state index contributed by atoms with van der Waals surface area (Å²) in [5, 5.41) is 9.98. The Bertz CT molecular complexity index is 1200. The molecule has 0 saturated carbocycles. The summed E-state index contributed by atoms with van der Waals surface area (Å²) in [6, 6.07) is 28.4. The van der Waals surface area contributed by atoms with Gasteiger partial charge in [-0.1, -0.05) is 29.8 Å². The van der Waals surface area contributed by atoms with Crippen molar-refractivity contribution in [3.63, 3.8) is 0 Å². The number of halogens is 1. The van der Waals surface area contributed by atoms with Crippen molar-refractivity contribution in [1.29, 1.82) is 5.26 Å². The van der Waals surface area contributed by atoms with Crippen LogP contribution in [-0.2, 0) is 0 Å². The number of pyridine rings is 1. The molecule has 4 rings (SSSR count). The molecule has 0 spiro atoms. The van der Waals surface area contributed by atoms with Gasteiger partial charge in [0.2, 0.25) is 0 Å². The van der Waals surface area contributed by atoms with Crippen molar-refractivity contribution in [2.75, 3.05) is 7.11 Å². The number of rotatable bonds is 5. The summed E-state index contributed by atoms with van der Waals surface area (Å²) in [6.07, 6.45) is 0. The van der Waals surface area contributed by atoms with Gasteiger partial charge in [0.05, 0.1) is 29.1 Å². The average molecular weight is 413 g/mol. The van der Waals surface area contributed by atoms with E-state index in [1.165, 1.54) is 0 Å². The average Bonchev–Trinajstić information content (AvgIpc) is 2.80. The van der Waals surface area contributed by atoms with E-state index in [1.807, 2.05) is 78.9 Å². The Hall–Kier alpha value is -3.81. The summed E-state index contributed by atoms with van der Waals surface area (Å²) in [6.45, 7) is 0. The zero-order valence-corrected chi connectivity index (χ0v) is 16.9. The molecule has 0 atom stereocenters. The molecule has 0 fully saturated rings. The predicted molar refractivity (Wildman–Crippen MR) is 118 cm³/mol. The number of para-hydroxylation sites is 1. The van der Waals surface area contributed by atoms with Gasteiger partial charge in [-0.25, -0.2) is 4.98 Å². The lowest BCUT2D eigenvalue weighted by Crippen LogP contribution is -1.95. The van der Waals surface area contributed by atoms with Crippen LogP contribution in [-0.4, -0.2) is 12.1 Å². The number of aromatic nitrogens is 1. The van der Waals surface area contributed by atoms with Crippen molar-refractivity contribution in [2.24, 2.45) is 0 Å². The van der Waals surface area contributed by atoms with Gasteiger partial charge in [-0.15, -0.1) is 0 Å². The van der Waals surface area contributed by atoms with Crippen LogP contribution in [0.3, 0.4) is 0 Å². The highest BCUT2D eigenvalue weighted by molar-refractivity contribution is 6.32. The minimum Gasteiger partial charge on any atom is -0.497 e. The molecule has 0 amide bonds. The molecular formula is C25H17ClN2O2. The van der Waals surface area contributed by atoms with Crippen LogP contribution in [0.2, 0.25) is 5.02 Å². The van der Waals surface area contributed by atoms with Gasteiger partial charge in [0.25, 0.3) is 0 Å². The third-order valence-electron chi connectivity index (χ3n) is 4.58. The molecule has 0 bridgehead atoms. The van der Waals surface area contributed by atoms with Crippen molar-refractivity contribution in [3.05, 3.63) is 95.5 Å². The number of benzene rings is 3. The van der Waals surface area contributed by atoms with E-state index in [9.17, 15) is 5.26 Å². The maximum absolute atomic E-state index is 9.62. The van der Waals surface area contributed by atoms with Gasteiger partial charge in [0.1, 0.15) is 23.3 Å². The first-order chi connectivity index (χ1) is 14.7. The Morgan fingerprint density at radius 1 is 0.800 bits per heavy atom. The second kappa shape index (κ2) is 8.69. The molecule has 1 heterocycles. The molecule has 0 saturated heterocycles. The summed E-state index contributed by atoms with van der Waals surface area (Å²) >= 11 is 6.42. The normalized spacial score (nSPS) is 10.3. The summed E-state index contributed by atoms with van der Waals surface area (Å²) in [5.74, 6) is 2.21. The Morgan fingerprint density at radius 3 is 2.03 bits per heavy atom. The fourth-order valence-electron chi connectivity index (χ4n) is 3.04. The smallest absolute Gasteiger partial charge is 0.127 e. The quantitative estimate of drug-likeness (QED) is 0.364. The second-order valence-corrected chi connectivity index (χ2v) is 6.90. The molecule has 0 aliphatic rings. The third-order valence-corrected chi connectivity index (χ3v) is 4.87. The number of hydrogen-bond acceptors (Lipinski definition) is 4. The molecule has 30 heavy (non-hydrogen) atoms. The topological polar surface area (TPSA) is 55.1 Å². The molecule has 0 aliphatic heterocycles. The Kier molecular flexibility index (Phi) is 5.65. The number of nitrogens with zero attached hydrogens (tertiary/aromatic N) is 2. The van der Waals surface area contributed by atoms with E-state index in [-0.39, 0.29) is 0 Å². The van der Waals surface area contributed by atoms with E-state index in [4.69, 9.17) is 26.1 Å². The predicted octanol–water partition coefficient (Wildman–Crippen LogP) is 6.74. The van der Waals surface area contributed by atoms with Gasteiger partial charge in [-0.05, 0) is 66.7 Å². The minimum atomic E-state index is 0.339. The SMILES string of the molecule is COc1ccc(-c2cc(Cl)c(C#N)c(-c3ccc(Oc4ccccc4)cc3)n2)cc1. The maximum Gasteiger partial charge on any atom is 0.127 e. The van der Waals surface area contributed by atoms with Crippen LogP contribution in [0, 0.1) is 11.3 Å². The van der Waals surface area contributed by atoms with Crippen molar-refractivity contribution in [3.8, 4) is 45.8 Å². The molecule has 4 aromatic rings. The van der Waals surface area contributed by atoms with E-state index in [2.05, 4.69) is 6.07 Å². The van der Waals surface area contributed by atoms with Gasteiger partial charge in [-0.2, -0.15) is 5.26 Å². The van der Waals surface area contributed by atoms with Crippen molar-refractivity contribution in [2.45, 2.75) is 0 Å². The van der Waals surface area contributed by atoms with Gasteiger partial charge in [0, 0.05) is 11.1 Å². The number of nitriles is 1. The lowest BCUT2D eigenvalue weighted by Gasteiger charge is -2.11. The monoisotopic (exact) mass is 412 g/mol. The van der Waals surface area contributed by atoms with Gasteiger partial charge < -0.3 is 9.47 Å². The summed E-state index contributed by atoms with van der Waals surface area (Å²) in [5.41, 5.74) is 3.21. The molecule has 0 N–H and O–H groups in total. The highest BCUT2D eigenvalue weighted by Crippen LogP contribution is 2.33. The Labute approximate surface area is 179 Å². The Balaban J connectivity index is 1.70. The number of methoxy groups -OCH3 is 1. The van der Waals surface area contributed by atoms with Crippen LogP contribution >= 0.6 is 11.6 Å². The number of hydrogen-bond donors (Lipinski definition) is 0. The van der Waals surface area contributed by atoms with E-state index in [1.54, 1.807) is 13.2 Å². The highest BCUT2D eigenvalue weighted by Gasteiger charge is 2.14. The molecule has 0 unspecified atom stereocenters. The van der Waals surface area contributed by atoms with Crippen LogP contribution in [0.25, 0.3) is 22.5 Å². The van der Waals surface area contributed by atoms with Crippen LogP contribution in [0.1, 0.15) is 5.56 Å². The largest absolute Gasteiger partial charge is 0.497 e. The van der Waals surface area contributed by atoms with Crippen LogP contribution in [0.15, 0.2) is 84.9 Å². The summed E-state index contributed by atoms with van der Waals surface area (Å²) in [4.78, 5) is 4.73. The number of ether oxygens (including phenoxy) is 2. The summed E-state index contributed by atoms with van der Waals surface area (Å²) in [7, 11) is 1.62. The van der Waals surface area contributed by atoms with E-state index < -0.39 is 0 Å². The van der Waals surface area contributed by atoms with Gasteiger partial charge in [0.15, 0.2) is 0 Å². The second-order valence-electron chi connectivity index (χ2n) is 6.49.